The highest BCUT2D eigenvalue weighted by Crippen LogP contribution is 2.27. The highest BCUT2D eigenvalue weighted by Gasteiger charge is 2.07. The molecule has 1 aromatic heterocycles. The molecule has 0 aliphatic rings. The Morgan fingerprint density at radius 2 is 2.00 bits per heavy atom. The van der Waals surface area contributed by atoms with Gasteiger partial charge in [-0.3, -0.25) is 4.98 Å². The molecule has 2 rings (SSSR count). The van der Waals surface area contributed by atoms with Gasteiger partial charge in [0, 0.05) is 22.4 Å². The van der Waals surface area contributed by atoms with Gasteiger partial charge in [0.1, 0.15) is 5.82 Å². The van der Waals surface area contributed by atoms with Crippen molar-refractivity contribution in [2.75, 3.05) is 0 Å². The Bertz CT molecular complexity index is 497. The molecule has 0 radical (unpaired) electrons. The molecule has 0 amide bonds. The predicted octanol–water partition coefficient (Wildman–Crippen LogP) is 3.96. The lowest BCUT2D eigenvalue weighted by molar-refractivity contribution is 0.629. The molecule has 3 heteroatoms. The first-order valence-electron chi connectivity index (χ1n) is 4.54. The zero-order valence-electron chi connectivity index (χ0n) is 8.17. The number of nitrogens with zero attached hydrogens (tertiary/aromatic N) is 1. The molecule has 1 heterocycles. The van der Waals surface area contributed by atoms with E-state index in [0.29, 0.717) is 5.56 Å². The van der Waals surface area contributed by atoms with E-state index in [-0.39, 0.29) is 5.82 Å². The van der Waals surface area contributed by atoms with Gasteiger partial charge in [-0.1, -0.05) is 22.0 Å². The Morgan fingerprint density at radius 3 is 2.73 bits per heavy atom. The standard InChI is InChI=1S/C12H9BrFN/c1-8-2-3-9(13)6-10(8)11-7-15-5-4-12(11)14/h2-7H,1H3. The van der Waals surface area contributed by atoms with Gasteiger partial charge < -0.3 is 0 Å². The molecule has 0 spiro atoms. The van der Waals surface area contributed by atoms with Gasteiger partial charge in [-0.25, -0.2) is 4.39 Å². The second kappa shape index (κ2) is 4.11. The number of hydrogen-bond donors (Lipinski definition) is 0. The molecular formula is C12H9BrFN. The smallest absolute Gasteiger partial charge is 0.134 e. The van der Waals surface area contributed by atoms with Crippen molar-refractivity contribution in [1.29, 1.82) is 0 Å². The van der Waals surface area contributed by atoms with Crippen molar-refractivity contribution in [2.45, 2.75) is 6.92 Å². The van der Waals surface area contributed by atoms with Crippen LogP contribution in [-0.4, -0.2) is 4.98 Å². The van der Waals surface area contributed by atoms with Crippen LogP contribution in [0.1, 0.15) is 5.56 Å². The third-order valence-corrected chi connectivity index (χ3v) is 2.75. The van der Waals surface area contributed by atoms with Crippen molar-refractivity contribution in [2.24, 2.45) is 0 Å². The van der Waals surface area contributed by atoms with E-state index in [1.807, 2.05) is 25.1 Å². The number of aromatic nitrogens is 1. The van der Waals surface area contributed by atoms with E-state index in [9.17, 15) is 4.39 Å². The Balaban J connectivity index is 2.64. The van der Waals surface area contributed by atoms with Crippen molar-refractivity contribution in [3.63, 3.8) is 0 Å². The van der Waals surface area contributed by atoms with E-state index in [2.05, 4.69) is 20.9 Å². The normalized spacial score (nSPS) is 10.3. The van der Waals surface area contributed by atoms with Gasteiger partial charge in [0.2, 0.25) is 0 Å². The zero-order chi connectivity index (χ0) is 10.8. The van der Waals surface area contributed by atoms with Crippen molar-refractivity contribution in [3.8, 4) is 11.1 Å². The van der Waals surface area contributed by atoms with E-state index >= 15 is 0 Å². The minimum atomic E-state index is -0.244. The molecule has 0 fully saturated rings. The number of aryl methyl sites for hydroxylation is 1. The van der Waals surface area contributed by atoms with Crippen molar-refractivity contribution < 1.29 is 4.39 Å². The van der Waals surface area contributed by atoms with Crippen LogP contribution < -0.4 is 0 Å². The SMILES string of the molecule is Cc1ccc(Br)cc1-c1cnccc1F. The average Bonchev–Trinajstić information content (AvgIpc) is 2.23. The summed E-state index contributed by atoms with van der Waals surface area (Å²) in [4.78, 5) is 3.94. The molecule has 0 saturated heterocycles. The predicted molar refractivity (Wildman–Crippen MR) is 62.1 cm³/mol. The second-order valence-corrected chi connectivity index (χ2v) is 4.23. The molecule has 1 aromatic carbocycles. The van der Waals surface area contributed by atoms with Crippen LogP contribution in [0.4, 0.5) is 4.39 Å². The maximum absolute atomic E-state index is 13.5. The lowest BCUT2D eigenvalue weighted by Gasteiger charge is -2.06. The molecule has 2 aromatic rings. The minimum absolute atomic E-state index is 0.244. The first-order chi connectivity index (χ1) is 7.18. The lowest BCUT2D eigenvalue weighted by Crippen LogP contribution is -1.88. The van der Waals surface area contributed by atoms with Gasteiger partial charge in [-0.15, -0.1) is 0 Å². The summed E-state index contributed by atoms with van der Waals surface area (Å²) < 4.78 is 14.5. The Kier molecular flexibility index (Phi) is 2.82. The molecule has 0 aliphatic heterocycles. The highest BCUT2D eigenvalue weighted by atomic mass is 79.9. The number of benzene rings is 1. The molecule has 0 atom stereocenters. The maximum atomic E-state index is 13.5. The van der Waals surface area contributed by atoms with Crippen LogP contribution in [0.15, 0.2) is 41.1 Å². The van der Waals surface area contributed by atoms with E-state index in [4.69, 9.17) is 0 Å². The maximum Gasteiger partial charge on any atom is 0.134 e. The summed E-state index contributed by atoms with van der Waals surface area (Å²) in [5.41, 5.74) is 2.44. The van der Waals surface area contributed by atoms with Crippen LogP contribution in [0.5, 0.6) is 0 Å². The second-order valence-electron chi connectivity index (χ2n) is 3.31. The van der Waals surface area contributed by atoms with Gasteiger partial charge in [-0.2, -0.15) is 0 Å². The van der Waals surface area contributed by atoms with Crippen molar-refractivity contribution >= 4 is 15.9 Å². The van der Waals surface area contributed by atoms with E-state index < -0.39 is 0 Å². The summed E-state index contributed by atoms with van der Waals surface area (Å²) in [6.07, 6.45) is 3.00. The fourth-order valence-corrected chi connectivity index (χ4v) is 1.82. The van der Waals surface area contributed by atoms with E-state index in [1.54, 1.807) is 6.20 Å². The first-order valence-corrected chi connectivity index (χ1v) is 5.34. The third-order valence-electron chi connectivity index (χ3n) is 2.26. The Morgan fingerprint density at radius 1 is 1.20 bits per heavy atom. The van der Waals surface area contributed by atoms with Crippen LogP contribution in [0, 0.1) is 12.7 Å². The summed E-state index contributed by atoms with van der Waals surface area (Å²) in [5.74, 6) is -0.244. The number of rotatable bonds is 1. The van der Waals surface area contributed by atoms with Crippen LogP contribution in [0.3, 0.4) is 0 Å². The third kappa shape index (κ3) is 2.07. The van der Waals surface area contributed by atoms with Crippen LogP contribution in [0.25, 0.3) is 11.1 Å². The van der Waals surface area contributed by atoms with Crippen LogP contribution >= 0.6 is 15.9 Å². The fourth-order valence-electron chi connectivity index (χ4n) is 1.46. The number of hydrogen-bond acceptors (Lipinski definition) is 1. The largest absolute Gasteiger partial charge is 0.264 e. The summed E-state index contributed by atoms with van der Waals surface area (Å²) in [5, 5.41) is 0. The van der Waals surface area contributed by atoms with Gasteiger partial charge in [0.25, 0.3) is 0 Å². The van der Waals surface area contributed by atoms with Gasteiger partial charge in [-0.05, 0) is 36.2 Å². The minimum Gasteiger partial charge on any atom is -0.264 e. The quantitative estimate of drug-likeness (QED) is 0.761. The van der Waals surface area contributed by atoms with Gasteiger partial charge in [0.15, 0.2) is 0 Å². The Labute approximate surface area is 96.1 Å². The molecule has 76 valence electrons. The number of halogens is 2. The first kappa shape index (κ1) is 10.3. The topological polar surface area (TPSA) is 12.9 Å². The molecule has 0 N–H and O–H groups in total. The van der Waals surface area contributed by atoms with Crippen LogP contribution in [-0.2, 0) is 0 Å². The van der Waals surface area contributed by atoms with Crippen molar-refractivity contribution in [1.82, 2.24) is 4.98 Å². The summed E-state index contributed by atoms with van der Waals surface area (Å²) in [7, 11) is 0. The summed E-state index contributed by atoms with van der Waals surface area (Å²) >= 11 is 3.38. The van der Waals surface area contributed by atoms with Gasteiger partial charge >= 0.3 is 0 Å². The summed E-state index contributed by atoms with van der Waals surface area (Å²) in [6, 6.07) is 7.16. The fraction of sp³-hybridized carbons (Fsp3) is 0.0833. The molecule has 0 saturated carbocycles. The molecule has 15 heavy (non-hydrogen) atoms. The van der Waals surface area contributed by atoms with E-state index in [0.717, 1.165) is 15.6 Å². The molecule has 0 aliphatic carbocycles. The van der Waals surface area contributed by atoms with Crippen molar-refractivity contribution in [3.05, 3.63) is 52.5 Å². The van der Waals surface area contributed by atoms with E-state index in [1.165, 1.54) is 12.3 Å². The average molecular weight is 266 g/mol. The monoisotopic (exact) mass is 265 g/mol. The molecule has 0 bridgehead atoms. The molecular weight excluding hydrogens is 257 g/mol. The van der Waals surface area contributed by atoms with Gasteiger partial charge in [0.05, 0.1) is 0 Å². The Hall–Kier alpha value is -1.22. The van der Waals surface area contributed by atoms with Crippen LogP contribution in [0.2, 0.25) is 0 Å². The zero-order valence-corrected chi connectivity index (χ0v) is 9.75. The molecule has 1 nitrogen and oxygen atoms in total. The lowest BCUT2D eigenvalue weighted by atomic mass is 10.0. The summed E-state index contributed by atoms with van der Waals surface area (Å²) in [6.45, 7) is 1.95. The molecule has 0 unspecified atom stereocenters. The highest BCUT2D eigenvalue weighted by molar-refractivity contribution is 9.10. The number of pyridine rings is 1.